The molecule has 100 valence electrons. The van der Waals surface area contributed by atoms with Gasteiger partial charge in [-0.05, 0) is 32.9 Å². The quantitative estimate of drug-likeness (QED) is 0.713. The number of nitrogens with zero attached hydrogens (tertiary/aromatic N) is 1. The molecule has 0 fully saturated rings. The first-order valence-electron chi connectivity index (χ1n) is 6.30. The van der Waals surface area contributed by atoms with Gasteiger partial charge in [0.15, 0.2) is 0 Å². The molecular weight excluding hydrogens is 326 g/mol. The number of hydrogen-bond acceptors (Lipinski definition) is 2. The number of aryl methyl sites for hydroxylation is 2. The standard InChI is InChI=1S/C15H15BrClNO/c1-8-4-5-12-11(6-8)14-10(9(2)18-12)7-13(19-14)15(3,16)17/h4-6,13H,7H2,1-3H3/t13-,15-/m1/s1. The minimum absolute atomic E-state index is 0.0734. The number of rotatable bonds is 1. The van der Waals surface area contributed by atoms with E-state index in [0.29, 0.717) is 0 Å². The molecule has 0 amide bonds. The number of ether oxygens (including phenoxy) is 1. The van der Waals surface area contributed by atoms with Crippen molar-refractivity contribution in [2.45, 2.75) is 37.1 Å². The van der Waals surface area contributed by atoms with E-state index in [0.717, 1.165) is 28.8 Å². The van der Waals surface area contributed by atoms with E-state index in [1.165, 1.54) is 11.1 Å². The summed E-state index contributed by atoms with van der Waals surface area (Å²) in [5.41, 5.74) is 4.39. The summed E-state index contributed by atoms with van der Waals surface area (Å²) in [6.45, 7) is 6.03. The van der Waals surface area contributed by atoms with Crippen molar-refractivity contribution < 1.29 is 4.74 Å². The van der Waals surface area contributed by atoms with E-state index < -0.39 is 3.78 Å². The number of halogens is 2. The predicted molar refractivity (Wildman–Crippen MR) is 82.5 cm³/mol. The Kier molecular flexibility index (Phi) is 3.02. The lowest BCUT2D eigenvalue weighted by Gasteiger charge is -2.21. The summed E-state index contributed by atoms with van der Waals surface area (Å²) in [4.78, 5) is 4.67. The second-order valence-corrected chi connectivity index (χ2v) is 8.18. The van der Waals surface area contributed by atoms with Gasteiger partial charge in [0.1, 0.15) is 15.6 Å². The smallest absolute Gasteiger partial charge is 0.134 e. The molecule has 2 aromatic rings. The molecule has 3 rings (SSSR count). The first-order chi connectivity index (χ1) is 8.86. The van der Waals surface area contributed by atoms with Crippen LogP contribution in [0.15, 0.2) is 18.2 Å². The molecule has 0 radical (unpaired) electrons. The summed E-state index contributed by atoms with van der Waals surface area (Å²) in [7, 11) is 0. The zero-order chi connectivity index (χ0) is 13.8. The molecule has 0 saturated heterocycles. The molecule has 1 aromatic heterocycles. The zero-order valence-electron chi connectivity index (χ0n) is 11.1. The van der Waals surface area contributed by atoms with Gasteiger partial charge in [-0.25, -0.2) is 0 Å². The maximum Gasteiger partial charge on any atom is 0.134 e. The van der Waals surface area contributed by atoms with E-state index in [2.05, 4.69) is 40.0 Å². The third kappa shape index (κ3) is 2.23. The Morgan fingerprint density at radius 2 is 2.16 bits per heavy atom. The number of pyridine rings is 1. The second kappa shape index (κ2) is 4.35. The Balaban J connectivity index is 2.20. The molecule has 2 atom stereocenters. The molecule has 1 aliphatic rings. The highest BCUT2D eigenvalue weighted by Crippen LogP contribution is 2.43. The topological polar surface area (TPSA) is 22.1 Å². The van der Waals surface area contributed by atoms with Crippen molar-refractivity contribution in [3.05, 3.63) is 35.0 Å². The normalized spacial score (nSPS) is 21.0. The Morgan fingerprint density at radius 3 is 2.84 bits per heavy atom. The van der Waals surface area contributed by atoms with Crippen molar-refractivity contribution in [1.82, 2.24) is 4.98 Å². The van der Waals surface area contributed by atoms with E-state index in [1.807, 2.05) is 19.9 Å². The van der Waals surface area contributed by atoms with E-state index in [4.69, 9.17) is 16.3 Å². The summed E-state index contributed by atoms with van der Waals surface area (Å²) < 4.78 is 5.54. The van der Waals surface area contributed by atoms with E-state index in [-0.39, 0.29) is 6.10 Å². The monoisotopic (exact) mass is 339 g/mol. The number of aromatic nitrogens is 1. The van der Waals surface area contributed by atoms with Crippen LogP contribution in [0.2, 0.25) is 0 Å². The van der Waals surface area contributed by atoms with Gasteiger partial charge in [-0.15, -0.1) is 11.6 Å². The van der Waals surface area contributed by atoms with Gasteiger partial charge < -0.3 is 4.74 Å². The highest BCUT2D eigenvalue weighted by atomic mass is 79.9. The predicted octanol–water partition coefficient (Wildman–Crippen LogP) is 4.51. The Labute approximate surface area is 126 Å². The van der Waals surface area contributed by atoms with Crippen LogP contribution in [0.25, 0.3) is 10.9 Å². The van der Waals surface area contributed by atoms with Crippen LogP contribution in [-0.2, 0) is 6.42 Å². The van der Waals surface area contributed by atoms with Gasteiger partial charge in [0.05, 0.1) is 5.52 Å². The minimum Gasteiger partial charge on any atom is -0.486 e. The van der Waals surface area contributed by atoms with Crippen LogP contribution in [0.4, 0.5) is 0 Å². The molecule has 0 bridgehead atoms. The Hall–Kier alpha value is -0.800. The molecule has 0 N–H and O–H groups in total. The number of alkyl halides is 2. The SMILES string of the molecule is Cc1ccc2nc(C)c3c(c2c1)O[C@@H]([C@@](C)(Cl)Br)C3. The van der Waals surface area contributed by atoms with Crippen LogP contribution in [0, 0.1) is 13.8 Å². The molecule has 1 aliphatic heterocycles. The largest absolute Gasteiger partial charge is 0.486 e. The van der Waals surface area contributed by atoms with Crippen molar-refractivity contribution in [1.29, 1.82) is 0 Å². The summed E-state index contributed by atoms with van der Waals surface area (Å²) in [5.74, 6) is 0.947. The van der Waals surface area contributed by atoms with Gasteiger partial charge >= 0.3 is 0 Å². The van der Waals surface area contributed by atoms with Crippen LogP contribution in [0.3, 0.4) is 0 Å². The third-order valence-electron chi connectivity index (χ3n) is 3.61. The van der Waals surface area contributed by atoms with Gasteiger partial charge in [0, 0.05) is 23.1 Å². The maximum atomic E-state index is 6.34. The molecule has 4 heteroatoms. The van der Waals surface area contributed by atoms with Crippen molar-refractivity contribution in [2.75, 3.05) is 0 Å². The minimum atomic E-state index is -0.561. The first-order valence-corrected chi connectivity index (χ1v) is 7.47. The fraction of sp³-hybridized carbons (Fsp3) is 0.400. The van der Waals surface area contributed by atoms with Gasteiger partial charge in [-0.1, -0.05) is 27.6 Å². The fourth-order valence-electron chi connectivity index (χ4n) is 2.53. The number of benzene rings is 1. The van der Waals surface area contributed by atoms with Crippen LogP contribution < -0.4 is 4.74 Å². The van der Waals surface area contributed by atoms with Gasteiger partial charge in [0.2, 0.25) is 0 Å². The number of hydrogen-bond donors (Lipinski definition) is 0. The third-order valence-corrected chi connectivity index (χ3v) is 4.36. The molecule has 0 aliphatic carbocycles. The average Bonchev–Trinajstić information content (AvgIpc) is 2.76. The Bertz CT molecular complexity index is 663. The molecule has 1 aromatic carbocycles. The van der Waals surface area contributed by atoms with Gasteiger partial charge in [-0.3, -0.25) is 4.98 Å². The van der Waals surface area contributed by atoms with Crippen molar-refractivity contribution >= 4 is 38.4 Å². The van der Waals surface area contributed by atoms with Gasteiger partial charge in [0.25, 0.3) is 0 Å². The van der Waals surface area contributed by atoms with E-state index >= 15 is 0 Å². The fourth-order valence-corrected chi connectivity index (χ4v) is 2.91. The van der Waals surface area contributed by atoms with Crippen LogP contribution in [0.5, 0.6) is 5.75 Å². The highest BCUT2D eigenvalue weighted by Gasteiger charge is 2.38. The summed E-state index contributed by atoms with van der Waals surface area (Å²) in [6.07, 6.45) is 0.722. The van der Waals surface area contributed by atoms with Crippen LogP contribution in [-0.4, -0.2) is 14.9 Å². The first kappa shape index (κ1) is 13.2. The molecule has 0 saturated carbocycles. The van der Waals surface area contributed by atoms with Gasteiger partial charge in [-0.2, -0.15) is 0 Å². The molecule has 2 nitrogen and oxygen atoms in total. The van der Waals surface area contributed by atoms with Crippen LogP contribution >= 0.6 is 27.5 Å². The van der Waals surface area contributed by atoms with E-state index in [1.54, 1.807) is 0 Å². The maximum absolute atomic E-state index is 6.34. The Morgan fingerprint density at radius 1 is 1.42 bits per heavy atom. The summed E-state index contributed by atoms with van der Waals surface area (Å²) in [6, 6.07) is 6.25. The molecule has 0 unspecified atom stereocenters. The lowest BCUT2D eigenvalue weighted by atomic mass is 10.0. The zero-order valence-corrected chi connectivity index (χ0v) is 13.5. The average molecular weight is 341 g/mol. The van der Waals surface area contributed by atoms with Crippen molar-refractivity contribution in [3.63, 3.8) is 0 Å². The summed E-state index contributed by atoms with van der Waals surface area (Å²) in [5, 5.41) is 1.08. The lowest BCUT2D eigenvalue weighted by molar-refractivity contribution is 0.225. The second-order valence-electron chi connectivity index (χ2n) is 5.29. The van der Waals surface area contributed by atoms with E-state index in [9.17, 15) is 0 Å². The molecule has 19 heavy (non-hydrogen) atoms. The number of fused-ring (bicyclic) bond motifs is 3. The highest BCUT2D eigenvalue weighted by molar-refractivity contribution is 9.10. The van der Waals surface area contributed by atoms with Crippen LogP contribution in [0.1, 0.15) is 23.7 Å². The molecule has 0 spiro atoms. The molecule has 2 heterocycles. The molecular formula is C15H15BrClNO. The van der Waals surface area contributed by atoms with Crippen molar-refractivity contribution in [3.8, 4) is 5.75 Å². The van der Waals surface area contributed by atoms with Crippen molar-refractivity contribution in [2.24, 2.45) is 0 Å². The lowest BCUT2D eigenvalue weighted by Crippen LogP contribution is -2.31. The summed E-state index contributed by atoms with van der Waals surface area (Å²) >= 11 is 9.82.